The molecule has 0 aliphatic carbocycles. The first-order valence-corrected chi connectivity index (χ1v) is 6.54. The van der Waals surface area contributed by atoms with E-state index >= 15 is 0 Å². The van der Waals surface area contributed by atoms with Crippen LogP contribution in [0.5, 0.6) is 0 Å². The second-order valence-electron chi connectivity index (χ2n) is 3.57. The molecule has 0 saturated heterocycles. The monoisotopic (exact) mass is 234 g/mol. The maximum atomic E-state index is 12.2. The number of rotatable bonds is 3. The zero-order valence-corrected chi connectivity index (χ0v) is 10.3. The number of fused-ring (bicyclic) bond motifs is 1. The molecule has 0 fully saturated rings. The van der Waals surface area contributed by atoms with Crippen molar-refractivity contribution < 1.29 is 0 Å². The minimum atomic E-state index is 0.0665. The first-order valence-electron chi connectivity index (χ1n) is 5.31. The first-order chi connectivity index (χ1) is 7.77. The van der Waals surface area contributed by atoms with Gasteiger partial charge in [0.25, 0.3) is 5.56 Å². The number of aromatic nitrogens is 2. The Balaban J connectivity index is 2.77. The summed E-state index contributed by atoms with van der Waals surface area (Å²) in [7, 11) is 0. The van der Waals surface area contributed by atoms with Crippen molar-refractivity contribution in [1.82, 2.24) is 9.55 Å². The van der Waals surface area contributed by atoms with Gasteiger partial charge in [-0.3, -0.25) is 9.36 Å². The van der Waals surface area contributed by atoms with Crippen molar-refractivity contribution in [3.05, 3.63) is 34.6 Å². The minimum absolute atomic E-state index is 0.0665. The summed E-state index contributed by atoms with van der Waals surface area (Å²) in [6.45, 7) is 2.79. The molecule has 4 heteroatoms. The van der Waals surface area contributed by atoms with Gasteiger partial charge in [-0.15, -0.1) is 0 Å². The molecule has 0 radical (unpaired) electrons. The third kappa shape index (κ3) is 1.85. The van der Waals surface area contributed by atoms with Crippen molar-refractivity contribution >= 4 is 22.7 Å². The molecular formula is C12H14N2OS. The van der Waals surface area contributed by atoms with Crippen molar-refractivity contribution in [3.63, 3.8) is 0 Å². The molecule has 3 nitrogen and oxygen atoms in total. The predicted molar refractivity (Wildman–Crippen MR) is 68.1 cm³/mol. The van der Waals surface area contributed by atoms with Gasteiger partial charge < -0.3 is 0 Å². The molecule has 0 unspecified atom stereocenters. The lowest BCUT2D eigenvalue weighted by Crippen LogP contribution is -2.23. The van der Waals surface area contributed by atoms with Gasteiger partial charge >= 0.3 is 0 Å². The fourth-order valence-electron chi connectivity index (χ4n) is 1.72. The standard InChI is InChI=1S/C12H14N2OS/c1-3-8-14-11(15)9-6-4-5-7-10(9)13-12(14)16-2/h4-7H,3,8H2,1-2H3. The van der Waals surface area contributed by atoms with E-state index in [9.17, 15) is 4.79 Å². The zero-order chi connectivity index (χ0) is 11.5. The number of hydrogen-bond donors (Lipinski definition) is 0. The first kappa shape index (κ1) is 11.2. The number of benzene rings is 1. The Bertz CT molecular complexity index is 562. The van der Waals surface area contributed by atoms with Gasteiger partial charge in [0.05, 0.1) is 10.9 Å². The average Bonchev–Trinajstić information content (AvgIpc) is 2.33. The second-order valence-corrected chi connectivity index (χ2v) is 4.35. The third-order valence-corrected chi connectivity index (χ3v) is 3.13. The van der Waals surface area contributed by atoms with Gasteiger partial charge in [0, 0.05) is 6.54 Å². The number of nitrogens with zero attached hydrogens (tertiary/aromatic N) is 2. The maximum absolute atomic E-state index is 12.2. The summed E-state index contributed by atoms with van der Waals surface area (Å²) in [5.74, 6) is 0. The highest BCUT2D eigenvalue weighted by molar-refractivity contribution is 7.98. The van der Waals surface area contributed by atoms with Crippen LogP contribution in [0.25, 0.3) is 10.9 Å². The molecule has 0 amide bonds. The molecule has 0 spiro atoms. The van der Waals surface area contributed by atoms with Crippen LogP contribution in [-0.2, 0) is 6.54 Å². The highest BCUT2D eigenvalue weighted by Gasteiger charge is 2.08. The normalized spacial score (nSPS) is 10.9. The molecule has 0 N–H and O–H groups in total. The van der Waals surface area contributed by atoms with E-state index in [0.717, 1.165) is 23.6 Å². The summed E-state index contributed by atoms with van der Waals surface area (Å²) in [5, 5.41) is 1.50. The topological polar surface area (TPSA) is 34.9 Å². The van der Waals surface area contributed by atoms with Crippen LogP contribution >= 0.6 is 11.8 Å². The summed E-state index contributed by atoms with van der Waals surface area (Å²) < 4.78 is 1.76. The zero-order valence-electron chi connectivity index (χ0n) is 9.43. The predicted octanol–water partition coefficient (Wildman–Crippen LogP) is 2.53. The Morgan fingerprint density at radius 3 is 2.81 bits per heavy atom. The summed E-state index contributed by atoms with van der Waals surface area (Å²) >= 11 is 1.52. The van der Waals surface area contributed by atoms with Crippen molar-refractivity contribution in [2.75, 3.05) is 6.26 Å². The SMILES string of the molecule is CCCn1c(SC)nc2ccccc2c1=O. The van der Waals surface area contributed by atoms with E-state index in [1.807, 2.05) is 30.5 Å². The Hall–Kier alpha value is -1.29. The Kier molecular flexibility index (Phi) is 3.29. The van der Waals surface area contributed by atoms with E-state index in [-0.39, 0.29) is 5.56 Å². The van der Waals surface area contributed by atoms with Crippen LogP contribution in [0.15, 0.2) is 34.2 Å². The molecule has 0 atom stereocenters. The fourth-order valence-corrected chi connectivity index (χ4v) is 2.31. The molecular weight excluding hydrogens is 220 g/mol. The van der Waals surface area contributed by atoms with Gasteiger partial charge in [0.15, 0.2) is 5.16 Å². The van der Waals surface area contributed by atoms with Crippen LogP contribution in [-0.4, -0.2) is 15.8 Å². The molecule has 0 bridgehead atoms. The number of para-hydroxylation sites is 1. The lowest BCUT2D eigenvalue weighted by molar-refractivity contribution is 0.585. The van der Waals surface area contributed by atoms with Gasteiger partial charge in [-0.2, -0.15) is 0 Å². The number of hydrogen-bond acceptors (Lipinski definition) is 3. The molecule has 2 aromatic rings. The molecule has 2 rings (SSSR count). The van der Waals surface area contributed by atoms with E-state index < -0.39 is 0 Å². The maximum Gasteiger partial charge on any atom is 0.262 e. The van der Waals surface area contributed by atoms with E-state index in [2.05, 4.69) is 11.9 Å². The molecule has 0 saturated carbocycles. The van der Waals surface area contributed by atoms with Crippen molar-refractivity contribution in [2.45, 2.75) is 25.0 Å². The Labute approximate surface area is 98.5 Å². The van der Waals surface area contributed by atoms with Crippen molar-refractivity contribution in [1.29, 1.82) is 0 Å². The van der Waals surface area contributed by atoms with Crippen LogP contribution in [0.1, 0.15) is 13.3 Å². The number of thioether (sulfide) groups is 1. The van der Waals surface area contributed by atoms with Crippen LogP contribution < -0.4 is 5.56 Å². The molecule has 1 heterocycles. The van der Waals surface area contributed by atoms with Gasteiger partial charge in [0.1, 0.15) is 0 Å². The van der Waals surface area contributed by atoms with Crippen LogP contribution in [0.4, 0.5) is 0 Å². The van der Waals surface area contributed by atoms with Crippen LogP contribution in [0.2, 0.25) is 0 Å². The average molecular weight is 234 g/mol. The van der Waals surface area contributed by atoms with Gasteiger partial charge in [-0.1, -0.05) is 30.8 Å². The van der Waals surface area contributed by atoms with Crippen LogP contribution in [0, 0.1) is 0 Å². The Morgan fingerprint density at radius 2 is 2.12 bits per heavy atom. The van der Waals surface area contributed by atoms with Gasteiger partial charge in [-0.05, 0) is 24.8 Å². The summed E-state index contributed by atoms with van der Waals surface area (Å²) in [6, 6.07) is 7.50. The summed E-state index contributed by atoms with van der Waals surface area (Å²) in [5.41, 5.74) is 0.848. The molecule has 1 aromatic heterocycles. The van der Waals surface area contributed by atoms with Gasteiger partial charge in [-0.25, -0.2) is 4.98 Å². The lowest BCUT2D eigenvalue weighted by atomic mass is 10.2. The smallest absolute Gasteiger partial charge is 0.262 e. The van der Waals surface area contributed by atoms with E-state index in [0.29, 0.717) is 5.39 Å². The minimum Gasteiger partial charge on any atom is -0.287 e. The van der Waals surface area contributed by atoms with Gasteiger partial charge in [0.2, 0.25) is 0 Å². The van der Waals surface area contributed by atoms with Crippen molar-refractivity contribution in [2.24, 2.45) is 0 Å². The lowest BCUT2D eigenvalue weighted by Gasteiger charge is -2.10. The largest absolute Gasteiger partial charge is 0.287 e. The second kappa shape index (κ2) is 4.70. The molecule has 1 aromatic carbocycles. The molecule has 0 aliphatic heterocycles. The quantitative estimate of drug-likeness (QED) is 0.604. The van der Waals surface area contributed by atoms with E-state index in [1.54, 1.807) is 4.57 Å². The molecule has 84 valence electrons. The highest BCUT2D eigenvalue weighted by atomic mass is 32.2. The highest BCUT2D eigenvalue weighted by Crippen LogP contribution is 2.15. The molecule has 16 heavy (non-hydrogen) atoms. The Morgan fingerprint density at radius 1 is 1.38 bits per heavy atom. The third-order valence-electron chi connectivity index (χ3n) is 2.46. The summed E-state index contributed by atoms with van der Waals surface area (Å²) in [6.07, 6.45) is 2.89. The van der Waals surface area contributed by atoms with E-state index in [4.69, 9.17) is 0 Å². The van der Waals surface area contributed by atoms with Crippen LogP contribution in [0.3, 0.4) is 0 Å². The fraction of sp³-hybridized carbons (Fsp3) is 0.333. The van der Waals surface area contributed by atoms with Crippen molar-refractivity contribution in [3.8, 4) is 0 Å². The van der Waals surface area contributed by atoms with E-state index in [1.165, 1.54) is 11.8 Å². The molecule has 0 aliphatic rings. The summed E-state index contributed by atoms with van der Waals surface area (Å²) in [4.78, 5) is 16.7.